The Balaban J connectivity index is 2.60. The number of carbonyl (C=O) groups is 2. The lowest BCUT2D eigenvalue weighted by Crippen LogP contribution is -2.29. The van der Waals surface area contributed by atoms with Crippen molar-refractivity contribution in [2.45, 2.75) is 50.5 Å². The van der Waals surface area contributed by atoms with Crippen LogP contribution in [0.4, 0.5) is 0 Å². The molecule has 0 bridgehead atoms. The van der Waals surface area contributed by atoms with Crippen LogP contribution in [0.15, 0.2) is 29.2 Å². The van der Waals surface area contributed by atoms with Gasteiger partial charge in [-0.05, 0) is 51.5 Å². The molecule has 0 aromatic heterocycles. The maximum Gasteiger partial charge on any atom is 0.306 e. The molecule has 0 heterocycles. The molecule has 1 amide bonds. The number of carbonyl (C=O) groups excluding carboxylic acids is 2. The summed E-state index contributed by atoms with van der Waals surface area (Å²) in [6, 6.07) is 7.42. The summed E-state index contributed by atoms with van der Waals surface area (Å²) >= 11 is 0. The highest BCUT2D eigenvalue weighted by molar-refractivity contribution is 7.89. The topological polar surface area (TPSA) is 117 Å². The molecule has 8 nitrogen and oxygen atoms in total. The number of nitrogens with zero attached hydrogens (tertiary/aromatic N) is 2. The quantitative estimate of drug-likeness (QED) is 0.493. The van der Waals surface area contributed by atoms with E-state index < -0.39 is 15.6 Å². The highest BCUT2D eigenvalue weighted by atomic mass is 32.2. The van der Waals surface area contributed by atoms with Gasteiger partial charge in [0.15, 0.2) is 0 Å². The van der Waals surface area contributed by atoms with Crippen LogP contribution in [-0.2, 0) is 19.6 Å². The number of sulfonamides is 1. The van der Waals surface area contributed by atoms with Crippen molar-refractivity contribution < 1.29 is 22.7 Å². The lowest BCUT2D eigenvalue weighted by molar-refractivity contribution is -0.154. The van der Waals surface area contributed by atoms with Crippen LogP contribution in [0.5, 0.6) is 0 Å². The molecular weight excluding hydrogens is 382 g/mol. The molecule has 1 rings (SSSR count). The van der Waals surface area contributed by atoms with Crippen molar-refractivity contribution in [1.82, 2.24) is 9.62 Å². The van der Waals surface area contributed by atoms with E-state index in [9.17, 15) is 18.0 Å². The number of hydrogen-bond donors (Lipinski definition) is 1. The van der Waals surface area contributed by atoms with Gasteiger partial charge in [-0.2, -0.15) is 5.26 Å². The second kappa shape index (κ2) is 10.2. The van der Waals surface area contributed by atoms with E-state index in [0.717, 1.165) is 0 Å². The molecular formula is C19H27N3O5S. The molecule has 0 aliphatic heterocycles. The standard InChI is InChI=1S/C19H27N3O5S/c1-19(2,3)27-17(23)7-5-14-22(4)18(24)15-8-10-16(11-9-15)28(25,26)21-13-6-12-20/h8-11,21H,5-7,13-14H2,1-4H3. The predicted octanol–water partition coefficient (Wildman–Crippen LogP) is 2.07. The summed E-state index contributed by atoms with van der Waals surface area (Å²) in [6.45, 7) is 5.78. The lowest BCUT2D eigenvalue weighted by Gasteiger charge is -2.20. The van der Waals surface area contributed by atoms with Crippen molar-refractivity contribution in [2.24, 2.45) is 0 Å². The number of nitrogens with one attached hydrogen (secondary N) is 1. The fourth-order valence-corrected chi connectivity index (χ4v) is 3.31. The minimum atomic E-state index is -3.71. The number of amides is 1. The molecule has 9 heteroatoms. The molecule has 0 aliphatic rings. The van der Waals surface area contributed by atoms with Gasteiger partial charge in [-0.15, -0.1) is 0 Å². The molecule has 0 saturated heterocycles. The van der Waals surface area contributed by atoms with Crippen LogP contribution < -0.4 is 4.72 Å². The number of rotatable bonds is 9. The van der Waals surface area contributed by atoms with Gasteiger partial charge in [0.2, 0.25) is 10.0 Å². The van der Waals surface area contributed by atoms with Gasteiger partial charge in [0.25, 0.3) is 5.91 Å². The van der Waals surface area contributed by atoms with E-state index in [1.807, 2.05) is 6.07 Å². The van der Waals surface area contributed by atoms with Crippen molar-refractivity contribution in [3.63, 3.8) is 0 Å². The molecule has 28 heavy (non-hydrogen) atoms. The van der Waals surface area contributed by atoms with Gasteiger partial charge >= 0.3 is 5.97 Å². The van der Waals surface area contributed by atoms with Crippen molar-refractivity contribution in [3.8, 4) is 6.07 Å². The first kappa shape index (κ1) is 23.6. The molecule has 0 saturated carbocycles. The molecule has 154 valence electrons. The Morgan fingerprint density at radius 1 is 1.21 bits per heavy atom. The molecule has 0 radical (unpaired) electrons. The maximum atomic E-state index is 12.4. The first-order valence-corrected chi connectivity index (χ1v) is 10.4. The zero-order valence-electron chi connectivity index (χ0n) is 16.7. The fraction of sp³-hybridized carbons (Fsp3) is 0.526. The number of ether oxygens (including phenoxy) is 1. The number of nitriles is 1. The molecule has 1 aromatic carbocycles. The van der Waals surface area contributed by atoms with Gasteiger partial charge in [-0.3, -0.25) is 9.59 Å². The molecule has 0 unspecified atom stereocenters. The molecule has 1 N–H and O–H groups in total. The Bertz CT molecular complexity index is 821. The van der Waals surface area contributed by atoms with Crippen molar-refractivity contribution in [3.05, 3.63) is 29.8 Å². The second-order valence-corrected chi connectivity index (χ2v) is 9.01. The van der Waals surface area contributed by atoms with Crippen LogP contribution >= 0.6 is 0 Å². The number of esters is 1. The average Bonchev–Trinajstić information content (AvgIpc) is 2.59. The van der Waals surface area contributed by atoms with E-state index in [0.29, 0.717) is 18.5 Å². The Hall–Kier alpha value is -2.44. The number of benzene rings is 1. The van der Waals surface area contributed by atoms with Gasteiger partial charge in [-0.25, -0.2) is 13.1 Å². The summed E-state index contributed by atoms with van der Waals surface area (Å²) in [5, 5.41) is 8.47. The van der Waals surface area contributed by atoms with Gasteiger partial charge in [0.05, 0.1) is 11.0 Å². The zero-order chi connectivity index (χ0) is 21.4. The first-order valence-electron chi connectivity index (χ1n) is 8.90. The van der Waals surface area contributed by atoms with E-state index >= 15 is 0 Å². The zero-order valence-corrected chi connectivity index (χ0v) is 17.5. The van der Waals surface area contributed by atoms with Gasteiger partial charge in [0, 0.05) is 38.5 Å². The van der Waals surface area contributed by atoms with Crippen LogP contribution in [0, 0.1) is 11.3 Å². The summed E-state index contributed by atoms with van der Waals surface area (Å²) < 4.78 is 31.7. The fourth-order valence-electron chi connectivity index (χ4n) is 2.28. The second-order valence-electron chi connectivity index (χ2n) is 7.25. The molecule has 1 aromatic rings. The third-order valence-corrected chi connectivity index (χ3v) is 5.06. The largest absolute Gasteiger partial charge is 0.460 e. The Kier molecular flexibility index (Phi) is 8.60. The molecule has 0 atom stereocenters. The van der Waals surface area contributed by atoms with E-state index in [1.54, 1.807) is 27.8 Å². The van der Waals surface area contributed by atoms with Crippen LogP contribution in [0.2, 0.25) is 0 Å². The van der Waals surface area contributed by atoms with Crippen molar-refractivity contribution in [1.29, 1.82) is 5.26 Å². The smallest absolute Gasteiger partial charge is 0.306 e. The van der Waals surface area contributed by atoms with Gasteiger partial charge < -0.3 is 9.64 Å². The van der Waals surface area contributed by atoms with Crippen molar-refractivity contribution in [2.75, 3.05) is 20.1 Å². The van der Waals surface area contributed by atoms with Gasteiger partial charge in [0.1, 0.15) is 5.60 Å². The van der Waals surface area contributed by atoms with E-state index in [-0.39, 0.29) is 36.2 Å². The third kappa shape index (κ3) is 8.06. The molecule has 0 spiro atoms. The highest BCUT2D eigenvalue weighted by Crippen LogP contribution is 2.13. The summed E-state index contributed by atoms with van der Waals surface area (Å²) in [4.78, 5) is 25.6. The minimum absolute atomic E-state index is 0.0227. The predicted molar refractivity (Wildman–Crippen MR) is 104 cm³/mol. The Morgan fingerprint density at radius 3 is 2.36 bits per heavy atom. The average molecular weight is 410 g/mol. The maximum absolute atomic E-state index is 12.4. The summed E-state index contributed by atoms with van der Waals surface area (Å²) in [5.41, 5.74) is -0.194. The Labute approximate surface area is 166 Å². The van der Waals surface area contributed by atoms with Crippen LogP contribution in [0.1, 0.15) is 50.4 Å². The summed E-state index contributed by atoms with van der Waals surface area (Å²) in [7, 11) is -2.09. The van der Waals surface area contributed by atoms with Crippen LogP contribution in [0.3, 0.4) is 0 Å². The monoisotopic (exact) mass is 409 g/mol. The van der Waals surface area contributed by atoms with E-state index in [2.05, 4.69) is 4.72 Å². The summed E-state index contributed by atoms with van der Waals surface area (Å²) in [6.07, 6.45) is 0.747. The summed E-state index contributed by atoms with van der Waals surface area (Å²) in [5.74, 6) is -0.586. The Morgan fingerprint density at radius 2 is 1.82 bits per heavy atom. The highest BCUT2D eigenvalue weighted by Gasteiger charge is 2.18. The SMILES string of the molecule is CN(CCCC(=O)OC(C)(C)C)C(=O)c1ccc(S(=O)(=O)NCCC#N)cc1. The lowest BCUT2D eigenvalue weighted by atomic mass is 10.2. The van der Waals surface area contributed by atoms with Gasteiger partial charge in [-0.1, -0.05) is 0 Å². The van der Waals surface area contributed by atoms with Crippen LogP contribution in [0.25, 0.3) is 0 Å². The minimum Gasteiger partial charge on any atom is -0.460 e. The van der Waals surface area contributed by atoms with E-state index in [4.69, 9.17) is 10.00 Å². The first-order chi connectivity index (χ1) is 13.0. The van der Waals surface area contributed by atoms with Crippen molar-refractivity contribution >= 4 is 21.9 Å². The van der Waals surface area contributed by atoms with Crippen LogP contribution in [-0.4, -0.2) is 50.9 Å². The normalized spacial score (nSPS) is 11.5. The van der Waals surface area contributed by atoms with E-state index in [1.165, 1.54) is 29.2 Å². The molecule has 0 fully saturated rings. The third-order valence-electron chi connectivity index (χ3n) is 3.58. The molecule has 0 aliphatic carbocycles. The number of hydrogen-bond acceptors (Lipinski definition) is 6.